The van der Waals surface area contributed by atoms with Crippen LogP contribution in [0.15, 0.2) is 38.0 Å². The summed E-state index contributed by atoms with van der Waals surface area (Å²) in [6, 6.07) is 0. The molecule has 0 amide bonds. The van der Waals surface area contributed by atoms with E-state index in [0.29, 0.717) is 0 Å². The van der Waals surface area contributed by atoms with Gasteiger partial charge >= 0.3 is 0 Å². The van der Waals surface area contributed by atoms with Crippen molar-refractivity contribution in [3.63, 3.8) is 0 Å². The average Bonchev–Trinajstić information content (AvgIpc) is 2.06. The summed E-state index contributed by atoms with van der Waals surface area (Å²) in [6.45, 7) is 16.1. The van der Waals surface area contributed by atoms with Crippen LogP contribution in [0.5, 0.6) is 0 Å². The van der Waals surface area contributed by atoms with Crippen molar-refractivity contribution < 1.29 is 0 Å². The molecule has 0 heterocycles. The third-order valence-electron chi connectivity index (χ3n) is 1.10. The third-order valence-corrected chi connectivity index (χ3v) is 1.10. The standard InChI is InChI=1S/C6H11N.C5H11N.ClH/c1-3-5-7-6-4-2;1-4-5(2,3)6;/h3-4,7H,1-2,5-6H2;4H,1,6H2,2-3H3;1H. The normalized spacial score (nSPS) is 8.79. The molecule has 0 aliphatic rings. The molecule has 0 spiro atoms. The van der Waals surface area contributed by atoms with Crippen LogP contribution in [-0.2, 0) is 0 Å². The molecule has 0 saturated heterocycles. The van der Waals surface area contributed by atoms with E-state index in [0.717, 1.165) is 13.1 Å². The number of nitrogens with one attached hydrogen (secondary N) is 1. The van der Waals surface area contributed by atoms with Crippen molar-refractivity contribution in [1.29, 1.82) is 0 Å². The SMILES string of the molecule is C=CC(C)(C)N.C=CCNCC=C.Cl. The highest BCUT2D eigenvalue weighted by atomic mass is 35.5. The number of hydrogen-bond acceptors (Lipinski definition) is 2. The van der Waals surface area contributed by atoms with E-state index in [4.69, 9.17) is 5.73 Å². The Bertz CT molecular complexity index is 140. The van der Waals surface area contributed by atoms with Gasteiger partial charge in [0.05, 0.1) is 0 Å². The van der Waals surface area contributed by atoms with E-state index >= 15 is 0 Å². The Morgan fingerprint density at radius 3 is 1.57 bits per heavy atom. The van der Waals surface area contributed by atoms with Crippen molar-refractivity contribution in [1.82, 2.24) is 5.32 Å². The molecular weight excluding hydrogens is 196 g/mol. The van der Waals surface area contributed by atoms with Crippen LogP contribution in [0.2, 0.25) is 0 Å². The van der Waals surface area contributed by atoms with Crippen LogP contribution in [0.25, 0.3) is 0 Å². The maximum atomic E-state index is 5.42. The lowest BCUT2D eigenvalue weighted by Gasteiger charge is -2.08. The summed E-state index contributed by atoms with van der Waals surface area (Å²) in [6.07, 6.45) is 5.36. The highest BCUT2D eigenvalue weighted by Gasteiger charge is 1.99. The van der Waals surface area contributed by atoms with Gasteiger partial charge in [0.1, 0.15) is 0 Å². The Morgan fingerprint density at radius 2 is 1.43 bits per heavy atom. The smallest absolute Gasteiger partial charge is 0.0279 e. The molecule has 0 aromatic rings. The summed E-state index contributed by atoms with van der Waals surface area (Å²) in [5.74, 6) is 0. The van der Waals surface area contributed by atoms with Gasteiger partial charge in [-0.1, -0.05) is 18.2 Å². The van der Waals surface area contributed by atoms with Gasteiger partial charge in [-0.3, -0.25) is 0 Å². The molecule has 0 saturated carbocycles. The Labute approximate surface area is 94.4 Å². The number of rotatable bonds is 5. The minimum Gasteiger partial charge on any atom is -0.322 e. The Morgan fingerprint density at radius 1 is 1.14 bits per heavy atom. The zero-order valence-electron chi connectivity index (χ0n) is 9.25. The molecule has 14 heavy (non-hydrogen) atoms. The lowest BCUT2D eigenvalue weighted by atomic mass is 10.1. The fraction of sp³-hybridized carbons (Fsp3) is 0.455. The van der Waals surface area contributed by atoms with Crippen molar-refractivity contribution in [3.8, 4) is 0 Å². The molecule has 3 N–H and O–H groups in total. The highest BCUT2D eigenvalue weighted by molar-refractivity contribution is 5.85. The molecule has 0 aliphatic heterocycles. The Kier molecular flexibility index (Phi) is 16.9. The first-order chi connectivity index (χ1) is 5.97. The van der Waals surface area contributed by atoms with Gasteiger partial charge in [-0.05, 0) is 13.8 Å². The summed E-state index contributed by atoms with van der Waals surface area (Å²) in [4.78, 5) is 0. The van der Waals surface area contributed by atoms with Gasteiger partial charge in [-0.25, -0.2) is 0 Å². The van der Waals surface area contributed by atoms with E-state index in [1.54, 1.807) is 6.08 Å². The lowest BCUT2D eigenvalue weighted by Crippen LogP contribution is -2.27. The average molecular weight is 219 g/mol. The minimum atomic E-state index is -0.194. The summed E-state index contributed by atoms with van der Waals surface area (Å²) in [5.41, 5.74) is 5.22. The van der Waals surface area contributed by atoms with Gasteiger partial charge in [-0.2, -0.15) is 0 Å². The van der Waals surface area contributed by atoms with Crippen LogP contribution in [-0.4, -0.2) is 18.6 Å². The molecule has 0 aromatic carbocycles. The van der Waals surface area contributed by atoms with Gasteiger partial charge < -0.3 is 11.1 Å². The fourth-order valence-corrected chi connectivity index (χ4v) is 0.287. The van der Waals surface area contributed by atoms with Crippen LogP contribution in [0.4, 0.5) is 0 Å². The highest BCUT2D eigenvalue weighted by Crippen LogP contribution is 1.93. The first-order valence-electron chi connectivity index (χ1n) is 4.33. The van der Waals surface area contributed by atoms with Crippen LogP contribution in [0.3, 0.4) is 0 Å². The van der Waals surface area contributed by atoms with E-state index in [-0.39, 0.29) is 17.9 Å². The summed E-state index contributed by atoms with van der Waals surface area (Å²) < 4.78 is 0. The van der Waals surface area contributed by atoms with Crippen molar-refractivity contribution in [2.24, 2.45) is 5.73 Å². The van der Waals surface area contributed by atoms with Crippen LogP contribution >= 0.6 is 12.4 Å². The number of halogens is 1. The zero-order chi connectivity index (χ0) is 10.7. The van der Waals surface area contributed by atoms with E-state index < -0.39 is 0 Å². The molecular formula is C11H23ClN2. The third kappa shape index (κ3) is 30.1. The largest absolute Gasteiger partial charge is 0.322 e. The summed E-state index contributed by atoms with van der Waals surface area (Å²) in [7, 11) is 0. The Balaban J connectivity index is -0.000000163. The quantitative estimate of drug-likeness (QED) is 0.549. The molecule has 2 nitrogen and oxygen atoms in total. The van der Waals surface area contributed by atoms with Gasteiger partial charge in [-0.15, -0.1) is 32.1 Å². The molecule has 0 aliphatic carbocycles. The van der Waals surface area contributed by atoms with E-state index in [1.165, 1.54) is 0 Å². The zero-order valence-corrected chi connectivity index (χ0v) is 10.1. The fourth-order valence-electron chi connectivity index (χ4n) is 0.287. The van der Waals surface area contributed by atoms with Gasteiger partial charge in [0.15, 0.2) is 0 Å². The van der Waals surface area contributed by atoms with Crippen LogP contribution in [0.1, 0.15) is 13.8 Å². The summed E-state index contributed by atoms with van der Waals surface area (Å²) >= 11 is 0. The molecule has 84 valence electrons. The molecule has 0 aromatic heterocycles. The lowest BCUT2D eigenvalue weighted by molar-refractivity contribution is 0.656. The molecule has 0 bridgehead atoms. The van der Waals surface area contributed by atoms with Crippen molar-refractivity contribution >= 4 is 12.4 Å². The van der Waals surface area contributed by atoms with Crippen LogP contribution in [0, 0.1) is 0 Å². The minimum absolute atomic E-state index is 0. The molecule has 0 rings (SSSR count). The van der Waals surface area contributed by atoms with E-state index in [9.17, 15) is 0 Å². The van der Waals surface area contributed by atoms with Crippen molar-refractivity contribution in [2.45, 2.75) is 19.4 Å². The van der Waals surface area contributed by atoms with Gasteiger partial charge in [0, 0.05) is 18.6 Å². The van der Waals surface area contributed by atoms with E-state index in [2.05, 4.69) is 25.1 Å². The second-order valence-electron chi connectivity index (χ2n) is 3.26. The topological polar surface area (TPSA) is 38.0 Å². The second kappa shape index (κ2) is 12.4. The van der Waals surface area contributed by atoms with Gasteiger partial charge in [0.2, 0.25) is 0 Å². The predicted octanol–water partition coefficient (Wildman–Crippen LogP) is 2.28. The first-order valence-corrected chi connectivity index (χ1v) is 4.33. The van der Waals surface area contributed by atoms with Crippen molar-refractivity contribution in [2.75, 3.05) is 13.1 Å². The maximum absolute atomic E-state index is 5.42. The first kappa shape index (κ1) is 19.1. The number of nitrogens with two attached hydrogens (primary N) is 1. The molecule has 3 heteroatoms. The van der Waals surface area contributed by atoms with Crippen molar-refractivity contribution in [3.05, 3.63) is 38.0 Å². The molecule has 0 unspecified atom stereocenters. The molecule has 0 atom stereocenters. The number of hydrogen-bond donors (Lipinski definition) is 2. The summed E-state index contributed by atoms with van der Waals surface area (Å²) in [5, 5.41) is 3.05. The Hall–Kier alpha value is -0.570. The molecule has 0 fully saturated rings. The monoisotopic (exact) mass is 218 g/mol. The van der Waals surface area contributed by atoms with Gasteiger partial charge in [0.25, 0.3) is 0 Å². The van der Waals surface area contributed by atoms with E-state index in [1.807, 2.05) is 26.0 Å². The van der Waals surface area contributed by atoms with Crippen LogP contribution < -0.4 is 11.1 Å². The maximum Gasteiger partial charge on any atom is 0.0279 e. The second-order valence-corrected chi connectivity index (χ2v) is 3.26. The predicted molar refractivity (Wildman–Crippen MR) is 69.0 cm³/mol. The molecule has 0 radical (unpaired) electrons.